The zero-order valence-electron chi connectivity index (χ0n) is 14.1. The number of rotatable bonds is 5. The maximum Gasteiger partial charge on any atom is 0.174 e. The molecule has 0 unspecified atom stereocenters. The average Bonchev–Trinajstić information content (AvgIpc) is 3.22. The van der Waals surface area contributed by atoms with Crippen molar-refractivity contribution >= 4 is 32.9 Å². The number of aryl methyl sites for hydroxylation is 1. The fourth-order valence-corrected chi connectivity index (χ4v) is 5.04. The van der Waals surface area contributed by atoms with Gasteiger partial charge in [-0.1, -0.05) is 19.1 Å². The lowest BCUT2D eigenvalue weighted by Gasteiger charge is -2.30. The molecule has 0 aliphatic carbocycles. The van der Waals surface area contributed by atoms with Crippen molar-refractivity contribution in [1.29, 1.82) is 0 Å². The second-order valence-corrected chi connectivity index (χ2v) is 8.86. The molecule has 2 heterocycles. The van der Waals surface area contributed by atoms with Gasteiger partial charge in [-0.25, -0.2) is 8.42 Å². The Morgan fingerprint density at radius 2 is 2.08 bits per heavy atom. The Morgan fingerprint density at radius 1 is 1.32 bits per heavy atom. The number of hydrogen-bond acceptors (Lipinski definition) is 4. The van der Waals surface area contributed by atoms with E-state index in [0.29, 0.717) is 18.1 Å². The molecule has 1 N–H and O–H groups in total. The number of anilines is 1. The molecule has 25 heavy (non-hydrogen) atoms. The monoisotopic (exact) mass is 378 g/mol. The van der Waals surface area contributed by atoms with Crippen molar-refractivity contribution in [1.82, 2.24) is 4.90 Å². The standard InChI is InChI=1S/C18H22N2O3S2/c1-2-14-5-7-15(8-6-14)19-18(24)20(12-17-4-3-10-23-17)16-9-11-25(21,22)13-16/h3-8,10,16H,2,9,11-13H2,1H3,(H,19,24)/t16-/m1/s1. The molecule has 5 nitrogen and oxygen atoms in total. The van der Waals surface area contributed by atoms with Crippen molar-refractivity contribution in [3.05, 3.63) is 54.0 Å². The highest BCUT2D eigenvalue weighted by atomic mass is 32.2. The third-order valence-corrected chi connectivity index (χ3v) is 6.52. The molecule has 0 radical (unpaired) electrons. The minimum atomic E-state index is -2.99. The minimum Gasteiger partial charge on any atom is -0.467 e. The highest BCUT2D eigenvalue weighted by Gasteiger charge is 2.34. The van der Waals surface area contributed by atoms with Gasteiger partial charge in [-0.05, 0) is 54.9 Å². The number of thiocarbonyl (C=S) groups is 1. The van der Waals surface area contributed by atoms with Crippen LogP contribution in [0.5, 0.6) is 0 Å². The van der Waals surface area contributed by atoms with E-state index < -0.39 is 9.84 Å². The normalized spacial score (nSPS) is 18.8. The molecule has 1 aliphatic heterocycles. The van der Waals surface area contributed by atoms with Crippen molar-refractivity contribution in [3.63, 3.8) is 0 Å². The zero-order chi connectivity index (χ0) is 17.9. The van der Waals surface area contributed by atoms with E-state index >= 15 is 0 Å². The Labute approximate surface area is 153 Å². The maximum absolute atomic E-state index is 11.9. The average molecular weight is 379 g/mol. The summed E-state index contributed by atoms with van der Waals surface area (Å²) in [5, 5.41) is 3.75. The lowest BCUT2D eigenvalue weighted by Crippen LogP contribution is -2.42. The van der Waals surface area contributed by atoms with Crippen LogP contribution in [0.3, 0.4) is 0 Å². The van der Waals surface area contributed by atoms with Gasteiger partial charge in [-0.15, -0.1) is 0 Å². The van der Waals surface area contributed by atoms with E-state index in [1.807, 2.05) is 29.2 Å². The summed E-state index contributed by atoms with van der Waals surface area (Å²) in [4.78, 5) is 1.92. The molecule has 7 heteroatoms. The first-order valence-electron chi connectivity index (χ1n) is 8.36. The maximum atomic E-state index is 11.9. The molecule has 3 rings (SSSR count). The van der Waals surface area contributed by atoms with E-state index in [0.717, 1.165) is 17.9 Å². The summed E-state index contributed by atoms with van der Waals surface area (Å²) >= 11 is 5.58. The van der Waals surface area contributed by atoms with Crippen molar-refractivity contribution < 1.29 is 12.8 Å². The van der Waals surface area contributed by atoms with Crippen LogP contribution in [0, 0.1) is 0 Å². The molecule has 0 bridgehead atoms. The van der Waals surface area contributed by atoms with Crippen LogP contribution < -0.4 is 5.32 Å². The number of benzene rings is 1. The Hall–Kier alpha value is -1.86. The van der Waals surface area contributed by atoms with Gasteiger partial charge in [0.1, 0.15) is 5.76 Å². The van der Waals surface area contributed by atoms with Gasteiger partial charge in [0, 0.05) is 11.7 Å². The summed E-state index contributed by atoms with van der Waals surface area (Å²) in [5.41, 5.74) is 2.15. The number of nitrogens with zero attached hydrogens (tertiary/aromatic N) is 1. The number of hydrogen-bond donors (Lipinski definition) is 1. The molecule has 0 spiro atoms. The van der Waals surface area contributed by atoms with E-state index in [1.54, 1.807) is 6.26 Å². The fourth-order valence-electron chi connectivity index (χ4n) is 2.98. The van der Waals surface area contributed by atoms with Gasteiger partial charge >= 0.3 is 0 Å². The van der Waals surface area contributed by atoms with E-state index in [2.05, 4.69) is 24.4 Å². The van der Waals surface area contributed by atoms with E-state index in [1.165, 1.54) is 5.56 Å². The van der Waals surface area contributed by atoms with Gasteiger partial charge in [-0.2, -0.15) is 0 Å². The molecule has 1 aliphatic rings. The summed E-state index contributed by atoms with van der Waals surface area (Å²) < 4.78 is 29.2. The first kappa shape index (κ1) is 17.9. The Balaban J connectivity index is 1.76. The SMILES string of the molecule is CCc1ccc(NC(=S)N(Cc2ccco2)[C@@H]2CCS(=O)(=O)C2)cc1. The van der Waals surface area contributed by atoms with E-state index in [-0.39, 0.29) is 17.5 Å². The predicted octanol–water partition coefficient (Wildman–Crippen LogP) is 3.23. The molecule has 1 atom stereocenters. The molecule has 134 valence electrons. The molecule has 2 aromatic rings. The van der Waals surface area contributed by atoms with Gasteiger partial charge in [0.05, 0.1) is 24.3 Å². The van der Waals surface area contributed by atoms with Gasteiger partial charge in [-0.3, -0.25) is 0 Å². The van der Waals surface area contributed by atoms with Gasteiger partial charge < -0.3 is 14.6 Å². The molecule has 1 saturated heterocycles. The Bertz CT molecular complexity index is 815. The summed E-state index contributed by atoms with van der Waals surface area (Å²) in [6.07, 6.45) is 3.17. The fraction of sp³-hybridized carbons (Fsp3) is 0.389. The summed E-state index contributed by atoms with van der Waals surface area (Å²) in [5.74, 6) is 1.10. The van der Waals surface area contributed by atoms with Crippen LogP contribution in [0.25, 0.3) is 0 Å². The lowest BCUT2D eigenvalue weighted by molar-refractivity contribution is 0.302. The first-order valence-corrected chi connectivity index (χ1v) is 10.6. The summed E-state index contributed by atoms with van der Waals surface area (Å²) in [6.45, 7) is 2.56. The van der Waals surface area contributed by atoms with Gasteiger partial charge in [0.25, 0.3) is 0 Å². The van der Waals surface area contributed by atoms with Crippen LogP contribution in [0.1, 0.15) is 24.7 Å². The molecule has 0 amide bonds. The number of furan rings is 1. The molecular formula is C18H22N2O3S2. The van der Waals surface area contributed by atoms with E-state index in [9.17, 15) is 8.42 Å². The Morgan fingerprint density at radius 3 is 2.64 bits per heavy atom. The van der Waals surface area contributed by atoms with Crippen LogP contribution in [-0.4, -0.2) is 36.0 Å². The first-order chi connectivity index (χ1) is 12.0. The smallest absolute Gasteiger partial charge is 0.174 e. The van der Waals surface area contributed by atoms with Crippen molar-refractivity contribution in [2.75, 3.05) is 16.8 Å². The largest absolute Gasteiger partial charge is 0.467 e. The molecule has 1 aromatic carbocycles. The summed E-state index contributed by atoms with van der Waals surface area (Å²) in [6, 6.07) is 11.6. The molecule has 1 aromatic heterocycles. The van der Waals surface area contributed by atoms with Crippen LogP contribution in [-0.2, 0) is 22.8 Å². The van der Waals surface area contributed by atoms with Crippen LogP contribution in [0.15, 0.2) is 47.1 Å². The molecular weight excluding hydrogens is 356 g/mol. The van der Waals surface area contributed by atoms with Crippen LogP contribution >= 0.6 is 12.2 Å². The predicted molar refractivity (Wildman–Crippen MR) is 103 cm³/mol. The highest BCUT2D eigenvalue weighted by molar-refractivity contribution is 7.91. The second kappa shape index (κ2) is 7.58. The highest BCUT2D eigenvalue weighted by Crippen LogP contribution is 2.22. The number of nitrogens with one attached hydrogen (secondary N) is 1. The van der Waals surface area contributed by atoms with Crippen molar-refractivity contribution in [2.45, 2.75) is 32.4 Å². The van der Waals surface area contributed by atoms with Crippen LogP contribution in [0.2, 0.25) is 0 Å². The second-order valence-electron chi connectivity index (χ2n) is 6.24. The quantitative estimate of drug-likeness (QED) is 0.806. The van der Waals surface area contributed by atoms with Crippen molar-refractivity contribution in [2.24, 2.45) is 0 Å². The van der Waals surface area contributed by atoms with Gasteiger partial charge in [0.2, 0.25) is 0 Å². The third-order valence-electron chi connectivity index (χ3n) is 4.43. The molecule has 1 fully saturated rings. The van der Waals surface area contributed by atoms with E-state index in [4.69, 9.17) is 16.6 Å². The third kappa shape index (κ3) is 4.61. The lowest BCUT2D eigenvalue weighted by atomic mass is 10.1. The van der Waals surface area contributed by atoms with Crippen molar-refractivity contribution in [3.8, 4) is 0 Å². The summed E-state index contributed by atoms with van der Waals surface area (Å²) in [7, 11) is -2.99. The zero-order valence-corrected chi connectivity index (χ0v) is 15.8. The molecule has 0 saturated carbocycles. The Kier molecular flexibility index (Phi) is 5.44. The van der Waals surface area contributed by atoms with Gasteiger partial charge in [0.15, 0.2) is 14.9 Å². The number of sulfone groups is 1. The topological polar surface area (TPSA) is 62.6 Å². The minimum absolute atomic E-state index is 0.129. The van der Waals surface area contributed by atoms with Crippen LogP contribution in [0.4, 0.5) is 5.69 Å².